The predicted octanol–water partition coefficient (Wildman–Crippen LogP) is 5.61. The van der Waals surface area contributed by atoms with Gasteiger partial charge in [0.2, 0.25) is 17.7 Å². The molecule has 0 bridgehead atoms. The van der Waals surface area contributed by atoms with Gasteiger partial charge in [-0.2, -0.15) is 0 Å². The van der Waals surface area contributed by atoms with Crippen LogP contribution in [0.3, 0.4) is 0 Å². The summed E-state index contributed by atoms with van der Waals surface area (Å²) in [5, 5.41) is 4.93. The highest BCUT2D eigenvalue weighted by atomic mass is 16.5. The summed E-state index contributed by atoms with van der Waals surface area (Å²) in [5.74, 6) is 0.246. The van der Waals surface area contributed by atoms with Crippen LogP contribution >= 0.6 is 0 Å². The minimum absolute atomic E-state index is 0.219. The Hall–Kier alpha value is -6.64. The fourth-order valence-electron chi connectivity index (χ4n) is 7.91. The lowest BCUT2D eigenvalue weighted by Crippen LogP contribution is -2.51. The number of carbonyl (C=O) groups is 3. The van der Waals surface area contributed by atoms with Crippen molar-refractivity contribution in [3.8, 4) is 28.6 Å². The van der Waals surface area contributed by atoms with Crippen LogP contribution in [0.2, 0.25) is 0 Å². The number of rotatable bonds is 14. The number of carbonyl (C=O) groups excluding carboxylic acids is 3. The van der Waals surface area contributed by atoms with E-state index in [4.69, 9.17) is 14.2 Å². The highest BCUT2D eigenvalue weighted by Gasteiger charge is 2.44. The van der Waals surface area contributed by atoms with Crippen molar-refractivity contribution in [2.75, 3.05) is 52.5 Å². The van der Waals surface area contributed by atoms with Crippen molar-refractivity contribution in [2.24, 2.45) is 0 Å². The van der Waals surface area contributed by atoms with Crippen molar-refractivity contribution in [3.63, 3.8) is 0 Å². The molecule has 7 heterocycles. The van der Waals surface area contributed by atoms with E-state index in [1.165, 1.54) is 0 Å². The van der Waals surface area contributed by atoms with E-state index in [-0.39, 0.29) is 17.7 Å². The van der Waals surface area contributed by atoms with E-state index in [9.17, 15) is 14.4 Å². The van der Waals surface area contributed by atoms with E-state index in [1.54, 1.807) is 30.6 Å². The number of amides is 3. The zero-order chi connectivity index (χ0) is 40.3. The molecule has 0 saturated carbocycles. The zero-order valence-electron chi connectivity index (χ0n) is 32.6. The van der Waals surface area contributed by atoms with Gasteiger partial charge in [-0.25, -0.2) is 9.97 Å². The Morgan fingerprint density at radius 2 is 1.47 bits per heavy atom. The molecule has 2 fully saturated rings. The second-order valence-corrected chi connectivity index (χ2v) is 15.1. The van der Waals surface area contributed by atoms with Crippen molar-refractivity contribution in [3.05, 3.63) is 120 Å². The number of aromatic nitrogens is 4. The third-order valence-corrected chi connectivity index (χ3v) is 11.2. The minimum atomic E-state index is -0.856. The second-order valence-electron chi connectivity index (χ2n) is 15.1. The van der Waals surface area contributed by atoms with Crippen LogP contribution in [0.25, 0.3) is 32.9 Å². The molecule has 14 heteroatoms. The molecular formula is C45H44N8O6. The summed E-state index contributed by atoms with van der Waals surface area (Å²) in [4.78, 5) is 61.3. The Balaban J connectivity index is 0.656. The Morgan fingerprint density at radius 3 is 2.25 bits per heavy atom. The number of piperazine rings is 1. The first-order valence-electron chi connectivity index (χ1n) is 20.0. The van der Waals surface area contributed by atoms with Crippen LogP contribution in [0.15, 0.2) is 104 Å². The molecule has 300 valence electrons. The standard InChI is InChI=1S/C45H44N8O6/c1-29-3-10-40(43(54)49-29)53-44(55)35-9-7-33(24-36(35)45(53)56)59-28-30-4-11-41(47-25-30)57-21-2-15-51-16-18-52(19-17-51)20-22-58-42-12-6-32(26-48-42)31-5-8-34-37-27-46-14-13-38(37)50-39(34)23-31/h4-9,11-14,23-27,40,50H,1-3,10,15-22,28H2,(H,49,54). The van der Waals surface area contributed by atoms with Gasteiger partial charge in [-0.15, -0.1) is 0 Å². The molecule has 3 aliphatic heterocycles. The number of imide groups is 1. The van der Waals surface area contributed by atoms with E-state index in [0.29, 0.717) is 49.3 Å². The summed E-state index contributed by atoms with van der Waals surface area (Å²) >= 11 is 0. The summed E-state index contributed by atoms with van der Waals surface area (Å²) in [6.45, 7) is 10.9. The number of nitrogens with one attached hydrogen (secondary N) is 2. The molecule has 3 aliphatic rings. The molecule has 0 radical (unpaired) electrons. The van der Waals surface area contributed by atoms with Crippen LogP contribution in [0.1, 0.15) is 45.5 Å². The quantitative estimate of drug-likeness (QED) is 0.105. The van der Waals surface area contributed by atoms with Gasteiger partial charge >= 0.3 is 0 Å². The van der Waals surface area contributed by atoms with Gasteiger partial charge in [0.15, 0.2) is 0 Å². The normalized spacial score (nSPS) is 17.4. The number of fused-ring (bicyclic) bond motifs is 4. The van der Waals surface area contributed by atoms with Crippen LogP contribution in [-0.2, 0) is 11.4 Å². The zero-order valence-corrected chi connectivity index (χ0v) is 32.6. The molecule has 0 spiro atoms. The fraction of sp³-hybridized carbons (Fsp3) is 0.289. The monoisotopic (exact) mass is 792 g/mol. The number of ether oxygens (including phenoxy) is 3. The topological polar surface area (TPSA) is 155 Å². The van der Waals surface area contributed by atoms with Crippen molar-refractivity contribution >= 4 is 39.5 Å². The van der Waals surface area contributed by atoms with Gasteiger partial charge in [0.05, 0.1) is 17.7 Å². The summed E-state index contributed by atoms with van der Waals surface area (Å²) < 4.78 is 17.8. The number of allylic oxidation sites excluding steroid dienone is 1. The molecule has 0 aliphatic carbocycles. The number of hydrogen-bond donors (Lipinski definition) is 2. The molecule has 2 aromatic carbocycles. The van der Waals surface area contributed by atoms with E-state index < -0.39 is 23.8 Å². The Bertz CT molecular complexity index is 2530. The van der Waals surface area contributed by atoms with Crippen LogP contribution in [0.5, 0.6) is 17.5 Å². The number of nitrogens with zero attached hydrogens (tertiary/aromatic N) is 6. The van der Waals surface area contributed by atoms with Gasteiger partial charge in [-0.3, -0.25) is 29.2 Å². The Kier molecular flexibility index (Phi) is 10.7. The second kappa shape index (κ2) is 16.7. The lowest BCUT2D eigenvalue weighted by atomic mass is 10.0. The van der Waals surface area contributed by atoms with Crippen LogP contribution in [-0.4, -0.2) is 111 Å². The maximum absolute atomic E-state index is 13.2. The van der Waals surface area contributed by atoms with E-state index in [2.05, 4.69) is 65.9 Å². The number of aromatic amines is 1. The Morgan fingerprint density at radius 1 is 0.712 bits per heavy atom. The smallest absolute Gasteiger partial charge is 0.262 e. The highest BCUT2D eigenvalue weighted by molar-refractivity contribution is 6.23. The molecule has 9 rings (SSSR count). The average molecular weight is 793 g/mol. The van der Waals surface area contributed by atoms with Gasteiger partial charge in [0.1, 0.15) is 25.0 Å². The molecular weight excluding hydrogens is 749 g/mol. The first-order chi connectivity index (χ1) is 28.9. The summed E-state index contributed by atoms with van der Waals surface area (Å²) in [5.41, 5.74) is 6.19. The number of H-pyrrole nitrogens is 1. The summed E-state index contributed by atoms with van der Waals surface area (Å²) in [6.07, 6.45) is 9.01. The molecule has 2 saturated heterocycles. The maximum atomic E-state index is 13.2. The maximum Gasteiger partial charge on any atom is 0.262 e. The number of pyridine rings is 3. The fourth-order valence-corrected chi connectivity index (χ4v) is 7.91. The third-order valence-electron chi connectivity index (χ3n) is 11.2. The van der Waals surface area contributed by atoms with E-state index in [1.807, 2.05) is 36.7 Å². The van der Waals surface area contributed by atoms with Crippen molar-refractivity contribution in [2.45, 2.75) is 31.9 Å². The third kappa shape index (κ3) is 8.22. The number of hydrogen-bond acceptors (Lipinski definition) is 11. The predicted molar refractivity (Wildman–Crippen MR) is 221 cm³/mol. The molecule has 4 aromatic heterocycles. The van der Waals surface area contributed by atoms with Crippen LogP contribution in [0, 0.1) is 0 Å². The summed E-state index contributed by atoms with van der Waals surface area (Å²) in [6, 6.07) is 20.0. The molecule has 1 unspecified atom stereocenters. The van der Waals surface area contributed by atoms with E-state index in [0.717, 1.165) is 89.1 Å². The van der Waals surface area contributed by atoms with Gasteiger partial charge in [-0.05, 0) is 67.3 Å². The lowest BCUT2D eigenvalue weighted by molar-refractivity contribution is -0.125. The molecule has 3 amide bonds. The Labute approximate surface area is 340 Å². The average Bonchev–Trinajstić information content (AvgIpc) is 3.75. The van der Waals surface area contributed by atoms with E-state index >= 15 is 0 Å². The molecule has 2 N–H and O–H groups in total. The van der Waals surface area contributed by atoms with Gasteiger partial charge in [0.25, 0.3) is 11.8 Å². The molecule has 14 nitrogen and oxygen atoms in total. The number of piperidine rings is 1. The van der Waals surface area contributed by atoms with Gasteiger partial charge in [-0.1, -0.05) is 18.7 Å². The highest BCUT2D eigenvalue weighted by Crippen LogP contribution is 2.32. The minimum Gasteiger partial charge on any atom is -0.489 e. The van der Waals surface area contributed by atoms with Crippen molar-refractivity contribution in [1.82, 2.24) is 40.0 Å². The van der Waals surface area contributed by atoms with Gasteiger partial charge in [0, 0.05) is 115 Å². The van der Waals surface area contributed by atoms with Crippen molar-refractivity contribution in [1.29, 1.82) is 0 Å². The first-order valence-corrected chi connectivity index (χ1v) is 20.0. The summed E-state index contributed by atoms with van der Waals surface area (Å²) in [7, 11) is 0. The largest absolute Gasteiger partial charge is 0.489 e. The van der Waals surface area contributed by atoms with Crippen LogP contribution in [0.4, 0.5) is 0 Å². The lowest BCUT2D eigenvalue weighted by Gasteiger charge is -2.34. The van der Waals surface area contributed by atoms with Crippen molar-refractivity contribution < 1.29 is 28.6 Å². The first kappa shape index (κ1) is 37.9. The molecule has 1 atom stereocenters. The molecule has 6 aromatic rings. The van der Waals surface area contributed by atoms with Gasteiger partial charge < -0.3 is 29.4 Å². The van der Waals surface area contributed by atoms with Crippen LogP contribution < -0.4 is 19.5 Å². The molecule has 59 heavy (non-hydrogen) atoms. The SMILES string of the molecule is C=C1CCC(N2C(=O)c3ccc(OCc4ccc(OCCCN5CCN(CCOc6ccc(-c7ccc8c(c7)[nH]c7ccncc78)cn6)CC5)nc4)cc3C2=O)C(=O)N1. The number of benzene rings is 2.